The van der Waals surface area contributed by atoms with Gasteiger partial charge in [0.2, 0.25) is 0 Å². The largest absolute Gasteiger partial charge is 0.418 e. The van der Waals surface area contributed by atoms with Gasteiger partial charge in [0.05, 0.1) is 11.1 Å². The lowest BCUT2D eigenvalue weighted by Crippen LogP contribution is -2.14. The predicted octanol–water partition coefficient (Wildman–Crippen LogP) is 4.84. The number of carbonyl (C=O) groups excluding carboxylic acids is 1. The van der Waals surface area contributed by atoms with Crippen LogP contribution in [0.15, 0.2) is 60.7 Å². The summed E-state index contributed by atoms with van der Waals surface area (Å²) in [5.74, 6) is -1.01. The summed E-state index contributed by atoms with van der Waals surface area (Å²) in [6, 6.07) is 14.3. The number of hydrogen-bond acceptors (Lipinski definition) is 4. The highest BCUT2D eigenvalue weighted by Crippen LogP contribution is 2.34. The van der Waals surface area contributed by atoms with Crippen LogP contribution in [0, 0.1) is 12.7 Å². The third-order valence-corrected chi connectivity index (χ3v) is 4.00. The Balaban J connectivity index is 0.000000232. The molecule has 9 heteroatoms. The molecule has 0 aliphatic rings. The minimum Gasteiger partial charge on any atom is -0.399 e. The highest BCUT2D eigenvalue weighted by atomic mass is 19.4. The summed E-state index contributed by atoms with van der Waals surface area (Å²) in [7, 11) is 0. The smallest absolute Gasteiger partial charge is 0.399 e. The summed E-state index contributed by atoms with van der Waals surface area (Å²) in [5.41, 5.74) is 16.8. The quantitative estimate of drug-likeness (QED) is 0.352. The standard InChI is InChI=1S/C14H13FN2O.C7H7F3N2/c1-9-8-10(16)6-7-13(9)17-14(18)11-4-2-3-5-12(11)15;8-7(9,10)5-3-4(11)1-2-6(5)12/h2-8H,16H2,1H3,(H,17,18);1-3H,11-12H2. The third kappa shape index (κ3) is 5.87. The number of nitrogens with one attached hydrogen (secondary N) is 1. The number of nitrogens with two attached hydrogens (primary N) is 3. The van der Waals surface area contributed by atoms with Gasteiger partial charge in [-0.15, -0.1) is 0 Å². The van der Waals surface area contributed by atoms with Gasteiger partial charge in [-0.1, -0.05) is 12.1 Å². The number of benzene rings is 3. The van der Waals surface area contributed by atoms with Crippen LogP contribution in [0.5, 0.6) is 0 Å². The van der Waals surface area contributed by atoms with Gasteiger partial charge in [-0.05, 0) is 61.0 Å². The second-order valence-corrected chi connectivity index (χ2v) is 6.35. The highest BCUT2D eigenvalue weighted by molar-refractivity contribution is 6.04. The molecule has 0 heterocycles. The van der Waals surface area contributed by atoms with Crippen molar-refractivity contribution in [2.24, 2.45) is 0 Å². The summed E-state index contributed by atoms with van der Waals surface area (Å²) in [4.78, 5) is 11.9. The molecular formula is C21H20F4N4O. The van der Waals surface area contributed by atoms with Crippen LogP contribution < -0.4 is 22.5 Å². The highest BCUT2D eigenvalue weighted by Gasteiger charge is 2.32. The molecule has 0 bridgehead atoms. The molecule has 158 valence electrons. The summed E-state index contributed by atoms with van der Waals surface area (Å²) in [6.45, 7) is 1.83. The number of amides is 1. The molecule has 0 aliphatic carbocycles. The van der Waals surface area contributed by atoms with E-state index in [-0.39, 0.29) is 16.9 Å². The van der Waals surface area contributed by atoms with Crippen molar-refractivity contribution in [3.05, 3.63) is 83.2 Å². The molecule has 1 amide bonds. The second kappa shape index (κ2) is 9.17. The normalized spacial score (nSPS) is 10.7. The predicted molar refractivity (Wildman–Crippen MR) is 110 cm³/mol. The molecule has 0 atom stereocenters. The fraction of sp³-hybridized carbons (Fsp3) is 0.0952. The Morgan fingerprint density at radius 3 is 2.07 bits per heavy atom. The number of hydrogen-bond donors (Lipinski definition) is 4. The number of nitrogen functional groups attached to an aromatic ring is 3. The molecular weight excluding hydrogens is 400 g/mol. The number of anilines is 4. The first-order chi connectivity index (χ1) is 14.0. The van der Waals surface area contributed by atoms with Gasteiger partial charge in [-0.3, -0.25) is 4.79 Å². The lowest BCUT2D eigenvalue weighted by Gasteiger charge is -2.09. The van der Waals surface area contributed by atoms with E-state index in [0.717, 1.165) is 17.7 Å². The van der Waals surface area contributed by atoms with E-state index in [0.29, 0.717) is 11.4 Å². The van der Waals surface area contributed by atoms with Gasteiger partial charge in [-0.25, -0.2) is 4.39 Å². The van der Waals surface area contributed by atoms with E-state index in [1.54, 1.807) is 30.3 Å². The molecule has 0 fully saturated rings. The Kier molecular flexibility index (Phi) is 6.89. The van der Waals surface area contributed by atoms with Gasteiger partial charge in [0.1, 0.15) is 5.82 Å². The summed E-state index contributed by atoms with van der Waals surface area (Å²) < 4.78 is 49.7. The topological polar surface area (TPSA) is 107 Å². The van der Waals surface area contributed by atoms with Crippen molar-refractivity contribution < 1.29 is 22.4 Å². The lowest BCUT2D eigenvalue weighted by molar-refractivity contribution is -0.136. The van der Waals surface area contributed by atoms with Gasteiger partial charge in [0.15, 0.2) is 0 Å². The maximum Gasteiger partial charge on any atom is 0.418 e. The van der Waals surface area contributed by atoms with E-state index in [4.69, 9.17) is 17.2 Å². The first-order valence-electron chi connectivity index (χ1n) is 8.63. The Hall–Kier alpha value is -3.75. The Morgan fingerprint density at radius 1 is 0.900 bits per heavy atom. The average molecular weight is 420 g/mol. The molecule has 0 aliphatic heterocycles. The Bertz CT molecular complexity index is 1050. The van der Waals surface area contributed by atoms with Crippen molar-refractivity contribution in [2.45, 2.75) is 13.1 Å². The second-order valence-electron chi connectivity index (χ2n) is 6.35. The Morgan fingerprint density at radius 2 is 1.50 bits per heavy atom. The minimum atomic E-state index is -4.43. The van der Waals surface area contributed by atoms with E-state index in [9.17, 15) is 22.4 Å². The van der Waals surface area contributed by atoms with Crippen molar-refractivity contribution in [3.8, 4) is 0 Å². The first-order valence-corrected chi connectivity index (χ1v) is 8.63. The van der Waals surface area contributed by atoms with Gasteiger partial charge < -0.3 is 22.5 Å². The lowest BCUT2D eigenvalue weighted by atomic mass is 10.1. The van der Waals surface area contributed by atoms with Gasteiger partial charge in [0.25, 0.3) is 5.91 Å². The molecule has 0 aromatic heterocycles. The number of aryl methyl sites for hydroxylation is 1. The molecule has 0 spiro atoms. The average Bonchev–Trinajstić information content (AvgIpc) is 2.66. The monoisotopic (exact) mass is 420 g/mol. The number of carbonyl (C=O) groups is 1. The van der Waals surface area contributed by atoms with E-state index in [1.165, 1.54) is 18.2 Å². The van der Waals surface area contributed by atoms with Crippen LogP contribution in [0.4, 0.5) is 40.3 Å². The summed E-state index contributed by atoms with van der Waals surface area (Å²) in [6.07, 6.45) is -4.43. The van der Waals surface area contributed by atoms with Crippen molar-refractivity contribution >= 4 is 28.7 Å². The zero-order valence-corrected chi connectivity index (χ0v) is 15.9. The molecule has 0 unspecified atom stereocenters. The molecule has 5 nitrogen and oxygen atoms in total. The summed E-state index contributed by atoms with van der Waals surface area (Å²) >= 11 is 0. The van der Waals surface area contributed by atoms with Crippen molar-refractivity contribution in [1.82, 2.24) is 0 Å². The SMILES string of the molecule is Cc1cc(N)ccc1NC(=O)c1ccccc1F.Nc1ccc(N)c(C(F)(F)F)c1. The Labute approximate surface area is 170 Å². The summed E-state index contributed by atoms with van der Waals surface area (Å²) in [5, 5.41) is 2.66. The molecule has 30 heavy (non-hydrogen) atoms. The van der Waals surface area contributed by atoms with Crippen LogP contribution in [0.3, 0.4) is 0 Å². The third-order valence-electron chi connectivity index (χ3n) is 4.00. The molecule has 7 N–H and O–H groups in total. The molecule has 3 aromatic rings. The molecule has 3 rings (SSSR count). The number of rotatable bonds is 2. The number of alkyl halides is 3. The van der Waals surface area contributed by atoms with Gasteiger partial charge in [0, 0.05) is 22.7 Å². The maximum absolute atomic E-state index is 13.4. The van der Waals surface area contributed by atoms with Crippen LogP contribution in [0.1, 0.15) is 21.5 Å². The first kappa shape index (κ1) is 22.5. The van der Waals surface area contributed by atoms with Crippen LogP contribution in [-0.4, -0.2) is 5.91 Å². The molecule has 0 radical (unpaired) electrons. The van der Waals surface area contributed by atoms with Gasteiger partial charge in [-0.2, -0.15) is 13.2 Å². The van der Waals surface area contributed by atoms with E-state index >= 15 is 0 Å². The zero-order valence-electron chi connectivity index (χ0n) is 15.9. The van der Waals surface area contributed by atoms with Crippen molar-refractivity contribution in [1.29, 1.82) is 0 Å². The van der Waals surface area contributed by atoms with Crippen LogP contribution >= 0.6 is 0 Å². The molecule has 0 saturated heterocycles. The molecule has 3 aromatic carbocycles. The van der Waals surface area contributed by atoms with Crippen molar-refractivity contribution in [2.75, 3.05) is 22.5 Å². The fourth-order valence-electron chi connectivity index (χ4n) is 2.48. The van der Waals surface area contributed by atoms with E-state index in [2.05, 4.69) is 5.32 Å². The minimum absolute atomic E-state index is 0.0220. The maximum atomic E-state index is 13.4. The van der Waals surface area contributed by atoms with Gasteiger partial charge >= 0.3 is 6.18 Å². The fourth-order valence-corrected chi connectivity index (χ4v) is 2.48. The number of halogens is 4. The van der Waals surface area contributed by atoms with Crippen LogP contribution in [0.25, 0.3) is 0 Å². The molecule has 0 saturated carbocycles. The van der Waals surface area contributed by atoms with Crippen LogP contribution in [-0.2, 0) is 6.18 Å². The zero-order chi connectivity index (χ0) is 22.5. The van der Waals surface area contributed by atoms with E-state index in [1.807, 2.05) is 6.92 Å². The van der Waals surface area contributed by atoms with E-state index < -0.39 is 23.5 Å². The van der Waals surface area contributed by atoms with Crippen LogP contribution in [0.2, 0.25) is 0 Å². The van der Waals surface area contributed by atoms with Crippen molar-refractivity contribution in [3.63, 3.8) is 0 Å².